The second-order valence-corrected chi connectivity index (χ2v) is 5.10. The molecule has 0 spiro atoms. The van der Waals surface area contributed by atoms with Crippen molar-refractivity contribution in [3.8, 4) is 0 Å². The van der Waals surface area contributed by atoms with Crippen molar-refractivity contribution in [1.29, 1.82) is 0 Å². The average Bonchev–Trinajstić information content (AvgIpc) is 2.91. The van der Waals surface area contributed by atoms with Crippen LogP contribution in [0.3, 0.4) is 0 Å². The second-order valence-electron chi connectivity index (χ2n) is 5.10. The number of nitrogens with two attached hydrogens (primary N) is 1. The highest BCUT2D eigenvalue weighted by Crippen LogP contribution is 2.24. The molecule has 2 rings (SSSR count). The zero-order chi connectivity index (χ0) is 13.7. The Morgan fingerprint density at radius 2 is 2.26 bits per heavy atom. The van der Waals surface area contributed by atoms with Crippen LogP contribution in [0.4, 0.5) is 5.69 Å². The van der Waals surface area contributed by atoms with Gasteiger partial charge < -0.3 is 11.1 Å². The van der Waals surface area contributed by atoms with Crippen LogP contribution in [0.1, 0.15) is 31.4 Å². The zero-order valence-corrected chi connectivity index (χ0v) is 11.4. The van der Waals surface area contributed by atoms with Crippen LogP contribution in [-0.2, 0) is 11.3 Å². The first-order valence-electron chi connectivity index (χ1n) is 6.84. The fourth-order valence-corrected chi connectivity index (χ4v) is 2.71. The lowest BCUT2D eigenvalue weighted by molar-refractivity contribution is -0.119. The van der Waals surface area contributed by atoms with E-state index in [1.165, 1.54) is 12.8 Å². The Kier molecular flexibility index (Phi) is 4.74. The van der Waals surface area contributed by atoms with E-state index in [2.05, 4.69) is 15.2 Å². The van der Waals surface area contributed by atoms with E-state index in [-0.39, 0.29) is 5.91 Å². The van der Waals surface area contributed by atoms with Crippen molar-refractivity contribution >= 4 is 11.6 Å². The number of rotatable bonds is 6. The molecular weight excluding hydrogens is 240 g/mol. The molecule has 1 fully saturated rings. The van der Waals surface area contributed by atoms with Gasteiger partial charge in [-0.3, -0.25) is 14.7 Å². The summed E-state index contributed by atoms with van der Waals surface area (Å²) < 4.78 is 0. The van der Waals surface area contributed by atoms with Crippen molar-refractivity contribution in [2.24, 2.45) is 5.73 Å². The fourth-order valence-electron chi connectivity index (χ4n) is 2.71. The lowest BCUT2D eigenvalue weighted by Gasteiger charge is -2.27. The van der Waals surface area contributed by atoms with Gasteiger partial charge in [-0.15, -0.1) is 0 Å². The molecule has 0 atom stereocenters. The summed E-state index contributed by atoms with van der Waals surface area (Å²) in [5.41, 5.74) is 7.37. The molecule has 1 saturated carbocycles. The van der Waals surface area contributed by atoms with E-state index in [0.717, 1.165) is 24.2 Å². The molecule has 0 saturated heterocycles. The summed E-state index contributed by atoms with van der Waals surface area (Å²) in [6.45, 7) is 0.999. The standard InChI is InChI=1S/C14H22N4O/c1-16-11-6-7-17-12(8-11)9-18(10-14(15)19)13-4-2-3-5-13/h6-8,13H,2-5,9-10H2,1H3,(H2,15,19)(H,16,17). The molecule has 19 heavy (non-hydrogen) atoms. The van der Waals surface area contributed by atoms with E-state index >= 15 is 0 Å². The van der Waals surface area contributed by atoms with Gasteiger partial charge in [0.1, 0.15) is 0 Å². The highest BCUT2D eigenvalue weighted by molar-refractivity contribution is 5.76. The topological polar surface area (TPSA) is 71.2 Å². The maximum absolute atomic E-state index is 11.2. The Bertz CT molecular complexity index is 429. The van der Waals surface area contributed by atoms with Gasteiger partial charge in [0.15, 0.2) is 0 Å². The summed E-state index contributed by atoms with van der Waals surface area (Å²) in [7, 11) is 1.89. The van der Waals surface area contributed by atoms with Crippen LogP contribution >= 0.6 is 0 Å². The first-order valence-corrected chi connectivity index (χ1v) is 6.84. The van der Waals surface area contributed by atoms with Crippen LogP contribution in [0, 0.1) is 0 Å². The maximum Gasteiger partial charge on any atom is 0.231 e. The summed E-state index contributed by atoms with van der Waals surface area (Å²) in [6, 6.07) is 4.41. The number of anilines is 1. The maximum atomic E-state index is 11.2. The molecule has 0 aromatic carbocycles. The number of amides is 1. The second kappa shape index (κ2) is 6.52. The summed E-state index contributed by atoms with van der Waals surface area (Å²) in [6.07, 6.45) is 6.57. The third-order valence-corrected chi connectivity index (χ3v) is 3.67. The molecule has 0 radical (unpaired) electrons. The van der Waals surface area contributed by atoms with E-state index in [9.17, 15) is 4.79 Å². The van der Waals surface area contributed by atoms with Gasteiger partial charge in [0.2, 0.25) is 5.91 Å². The van der Waals surface area contributed by atoms with Crippen LogP contribution < -0.4 is 11.1 Å². The smallest absolute Gasteiger partial charge is 0.231 e. The summed E-state index contributed by atoms with van der Waals surface area (Å²) in [4.78, 5) is 17.8. The summed E-state index contributed by atoms with van der Waals surface area (Å²) in [5, 5.41) is 3.10. The molecule has 1 aliphatic rings. The van der Waals surface area contributed by atoms with E-state index in [1.807, 2.05) is 19.2 Å². The molecule has 1 aromatic rings. The number of hydrogen-bond donors (Lipinski definition) is 2. The van der Waals surface area contributed by atoms with E-state index in [4.69, 9.17) is 5.73 Å². The number of pyridine rings is 1. The van der Waals surface area contributed by atoms with Crippen LogP contribution in [0.2, 0.25) is 0 Å². The molecule has 1 aliphatic carbocycles. The number of primary amides is 1. The number of carbonyl (C=O) groups excluding carboxylic acids is 1. The third-order valence-electron chi connectivity index (χ3n) is 3.67. The fraction of sp³-hybridized carbons (Fsp3) is 0.571. The van der Waals surface area contributed by atoms with Crippen molar-refractivity contribution in [1.82, 2.24) is 9.88 Å². The van der Waals surface area contributed by atoms with Gasteiger partial charge >= 0.3 is 0 Å². The minimum Gasteiger partial charge on any atom is -0.388 e. The Hall–Kier alpha value is -1.62. The molecule has 3 N–H and O–H groups in total. The van der Waals surface area contributed by atoms with Crippen molar-refractivity contribution in [2.75, 3.05) is 18.9 Å². The molecule has 1 amide bonds. The van der Waals surface area contributed by atoms with Crippen LogP contribution in [0.25, 0.3) is 0 Å². The molecular formula is C14H22N4O. The van der Waals surface area contributed by atoms with E-state index in [1.54, 1.807) is 6.20 Å². The quantitative estimate of drug-likeness (QED) is 0.812. The lowest BCUT2D eigenvalue weighted by Crippen LogP contribution is -2.39. The number of hydrogen-bond acceptors (Lipinski definition) is 4. The normalized spacial score (nSPS) is 15.9. The van der Waals surface area contributed by atoms with Gasteiger partial charge in [0.05, 0.1) is 12.2 Å². The van der Waals surface area contributed by atoms with Gasteiger partial charge in [0.25, 0.3) is 0 Å². The molecule has 0 unspecified atom stereocenters. The SMILES string of the molecule is CNc1ccnc(CN(CC(N)=O)C2CCCC2)c1. The summed E-state index contributed by atoms with van der Waals surface area (Å²) >= 11 is 0. The minimum atomic E-state index is -0.267. The van der Waals surface area contributed by atoms with Crippen molar-refractivity contribution in [3.05, 3.63) is 24.0 Å². The molecule has 5 nitrogen and oxygen atoms in total. The van der Waals surface area contributed by atoms with E-state index < -0.39 is 0 Å². The molecule has 5 heteroatoms. The first-order chi connectivity index (χ1) is 9.19. The highest BCUT2D eigenvalue weighted by Gasteiger charge is 2.24. The first kappa shape index (κ1) is 13.8. The van der Waals surface area contributed by atoms with Crippen molar-refractivity contribution in [3.63, 3.8) is 0 Å². The number of nitrogens with one attached hydrogen (secondary N) is 1. The molecule has 1 heterocycles. The molecule has 104 valence electrons. The Morgan fingerprint density at radius 1 is 1.53 bits per heavy atom. The molecule has 0 bridgehead atoms. The van der Waals surface area contributed by atoms with Gasteiger partial charge in [-0.25, -0.2) is 0 Å². The highest BCUT2D eigenvalue weighted by atomic mass is 16.1. The number of nitrogens with zero attached hydrogens (tertiary/aromatic N) is 2. The van der Waals surface area contributed by atoms with Crippen LogP contribution in [0.5, 0.6) is 0 Å². The Balaban J connectivity index is 2.07. The minimum absolute atomic E-state index is 0.267. The number of aromatic nitrogens is 1. The zero-order valence-electron chi connectivity index (χ0n) is 11.4. The molecule has 0 aliphatic heterocycles. The van der Waals surface area contributed by atoms with Gasteiger partial charge in [-0.2, -0.15) is 0 Å². The van der Waals surface area contributed by atoms with Gasteiger partial charge in [-0.1, -0.05) is 12.8 Å². The van der Waals surface area contributed by atoms with Gasteiger partial charge in [-0.05, 0) is 25.0 Å². The molecule has 1 aromatic heterocycles. The van der Waals surface area contributed by atoms with Gasteiger partial charge in [0, 0.05) is 31.5 Å². The largest absolute Gasteiger partial charge is 0.388 e. The predicted molar refractivity (Wildman–Crippen MR) is 75.6 cm³/mol. The van der Waals surface area contributed by atoms with Crippen LogP contribution in [0.15, 0.2) is 18.3 Å². The monoisotopic (exact) mass is 262 g/mol. The third kappa shape index (κ3) is 3.92. The Labute approximate surface area is 114 Å². The van der Waals surface area contributed by atoms with E-state index in [0.29, 0.717) is 19.1 Å². The lowest BCUT2D eigenvalue weighted by atomic mass is 10.2. The van der Waals surface area contributed by atoms with Crippen LogP contribution in [-0.4, -0.2) is 35.4 Å². The Morgan fingerprint density at radius 3 is 2.89 bits per heavy atom. The van der Waals surface area contributed by atoms with Crippen molar-refractivity contribution < 1.29 is 4.79 Å². The predicted octanol–water partition coefficient (Wildman–Crippen LogP) is 1.35. The average molecular weight is 262 g/mol. The summed E-state index contributed by atoms with van der Waals surface area (Å²) in [5.74, 6) is -0.267. The van der Waals surface area contributed by atoms with Crippen molar-refractivity contribution in [2.45, 2.75) is 38.3 Å². The number of carbonyl (C=O) groups is 1.